The van der Waals surface area contributed by atoms with Gasteiger partial charge >= 0.3 is 0 Å². The van der Waals surface area contributed by atoms with Gasteiger partial charge in [0.1, 0.15) is 0 Å². The SMILES string of the molecule is Cc1cc(F)c(F)cc1C(=O)Nc1cccnc1. The highest BCUT2D eigenvalue weighted by atomic mass is 19.2. The van der Waals surface area contributed by atoms with Crippen LogP contribution in [0.25, 0.3) is 0 Å². The summed E-state index contributed by atoms with van der Waals surface area (Å²) in [4.78, 5) is 15.7. The second-order valence-corrected chi connectivity index (χ2v) is 3.78. The van der Waals surface area contributed by atoms with E-state index in [1.54, 1.807) is 25.3 Å². The topological polar surface area (TPSA) is 42.0 Å². The van der Waals surface area contributed by atoms with Gasteiger partial charge in [-0.2, -0.15) is 0 Å². The van der Waals surface area contributed by atoms with Crippen LogP contribution in [0.1, 0.15) is 15.9 Å². The van der Waals surface area contributed by atoms with E-state index in [9.17, 15) is 13.6 Å². The predicted octanol–water partition coefficient (Wildman–Crippen LogP) is 2.92. The molecule has 1 aromatic carbocycles. The van der Waals surface area contributed by atoms with Gasteiger partial charge in [0.2, 0.25) is 0 Å². The molecule has 5 heteroatoms. The zero-order valence-corrected chi connectivity index (χ0v) is 9.58. The fraction of sp³-hybridized carbons (Fsp3) is 0.0769. The number of aryl methyl sites for hydroxylation is 1. The van der Waals surface area contributed by atoms with Crippen LogP contribution in [-0.4, -0.2) is 10.9 Å². The summed E-state index contributed by atoms with van der Waals surface area (Å²) in [7, 11) is 0. The summed E-state index contributed by atoms with van der Waals surface area (Å²) in [5.74, 6) is -2.51. The van der Waals surface area contributed by atoms with Gasteiger partial charge in [0.15, 0.2) is 11.6 Å². The first-order chi connectivity index (χ1) is 8.58. The summed E-state index contributed by atoms with van der Waals surface area (Å²) in [6, 6.07) is 5.19. The van der Waals surface area contributed by atoms with Crippen molar-refractivity contribution in [2.24, 2.45) is 0 Å². The van der Waals surface area contributed by atoms with Gasteiger partial charge in [-0.3, -0.25) is 9.78 Å². The van der Waals surface area contributed by atoms with Crippen molar-refractivity contribution in [1.29, 1.82) is 0 Å². The Hall–Kier alpha value is -2.30. The van der Waals surface area contributed by atoms with Crippen LogP contribution in [0.4, 0.5) is 14.5 Å². The zero-order valence-electron chi connectivity index (χ0n) is 9.58. The third kappa shape index (κ3) is 2.51. The Morgan fingerprint density at radius 2 is 2.00 bits per heavy atom. The molecule has 2 aromatic rings. The monoisotopic (exact) mass is 248 g/mol. The molecule has 0 bridgehead atoms. The van der Waals surface area contributed by atoms with Gasteiger partial charge in [-0.15, -0.1) is 0 Å². The number of aromatic nitrogens is 1. The fourth-order valence-corrected chi connectivity index (χ4v) is 1.53. The average Bonchev–Trinajstić information content (AvgIpc) is 2.35. The maximum atomic E-state index is 13.1. The molecule has 0 spiro atoms. The van der Waals surface area contributed by atoms with Crippen LogP contribution in [0.2, 0.25) is 0 Å². The fourth-order valence-electron chi connectivity index (χ4n) is 1.53. The first-order valence-electron chi connectivity index (χ1n) is 5.25. The molecule has 0 unspecified atom stereocenters. The molecular weight excluding hydrogens is 238 g/mol. The molecule has 0 aliphatic heterocycles. The van der Waals surface area contributed by atoms with E-state index in [2.05, 4.69) is 10.3 Å². The molecule has 0 aliphatic carbocycles. The summed E-state index contributed by atoms with van der Waals surface area (Å²) in [5.41, 5.74) is 0.958. The summed E-state index contributed by atoms with van der Waals surface area (Å²) < 4.78 is 26.0. The quantitative estimate of drug-likeness (QED) is 0.887. The summed E-state index contributed by atoms with van der Waals surface area (Å²) >= 11 is 0. The molecule has 3 nitrogen and oxygen atoms in total. The number of carbonyl (C=O) groups is 1. The smallest absolute Gasteiger partial charge is 0.256 e. The molecule has 1 aromatic heterocycles. The van der Waals surface area contributed by atoms with E-state index in [4.69, 9.17) is 0 Å². The van der Waals surface area contributed by atoms with Gasteiger partial charge in [0, 0.05) is 11.8 Å². The first kappa shape index (κ1) is 12.2. The van der Waals surface area contributed by atoms with E-state index >= 15 is 0 Å². The second-order valence-electron chi connectivity index (χ2n) is 3.78. The molecule has 2 rings (SSSR count). The number of hydrogen-bond acceptors (Lipinski definition) is 2. The molecule has 92 valence electrons. The van der Waals surface area contributed by atoms with E-state index in [0.29, 0.717) is 11.3 Å². The number of anilines is 1. The number of halogens is 2. The van der Waals surface area contributed by atoms with Crippen LogP contribution in [-0.2, 0) is 0 Å². The number of nitrogens with one attached hydrogen (secondary N) is 1. The molecule has 18 heavy (non-hydrogen) atoms. The molecule has 1 N–H and O–H groups in total. The lowest BCUT2D eigenvalue weighted by atomic mass is 10.1. The van der Waals surface area contributed by atoms with E-state index in [0.717, 1.165) is 12.1 Å². The van der Waals surface area contributed by atoms with Crippen molar-refractivity contribution >= 4 is 11.6 Å². The van der Waals surface area contributed by atoms with Gasteiger partial charge in [-0.1, -0.05) is 0 Å². The Labute approximate surface area is 102 Å². The van der Waals surface area contributed by atoms with Crippen molar-refractivity contribution in [1.82, 2.24) is 4.98 Å². The molecule has 0 saturated heterocycles. The molecule has 0 aliphatic rings. The number of rotatable bonds is 2. The summed E-state index contributed by atoms with van der Waals surface area (Å²) in [6.07, 6.45) is 3.03. The van der Waals surface area contributed by atoms with Crippen molar-refractivity contribution in [2.45, 2.75) is 6.92 Å². The Balaban J connectivity index is 2.27. The highest BCUT2D eigenvalue weighted by Gasteiger charge is 2.13. The molecule has 1 heterocycles. The van der Waals surface area contributed by atoms with Gasteiger partial charge in [0.05, 0.1) is 11.9 Å². The van der Waals surface area contributed by atoms with Crippen molar-refractivity contribution in [3.8, 4) is 0 Å². The number of carbonyl (C=O) groups excluding carboxylic acids is 1. The molecule has 0 radical (unpaired) electrons. The lowest BCUT2D eigenvalue weighted by Crippen LogP contribution is -2.14. The van der Waals surface area contributed by atoms with Crippen molar-refractivity contribution in [2.75, 3.05) is 5.32 Å². The lowest BCUT2D eigenvalue weighted by Gasteiger charge is -2.07. The third-order valence-electron chi connectivity index (χ3n) is 2.43. The van der Waals surface area contributed by atoms with Crippen LogP contribution >= 0.6 is 0 Å². The van der Waals surface area contributed by atoms with Crippen LogP contribution < -0.4 is 5.32 Å². The number of amides is 1. The molecule has 0 saturated carbocycles. The largest absolute Gasteiger partial charge is 0.321 e. The standard InChI is InChI=1S/C13H10F2N2O/c1-8-5-11(14)12(15)6-10(8)13(18)17-9-3-2-4-16-7-9/h2-7H,1H3,(H,17,18). The second kappa shape index (κ2) is 4.91. The molecule has 0 atom stereocenters. The number of nitrogens with zero attached hydrogens (tertiary/aromatic N) is 1. The summed E-state index contributed by atoms with van der Waals surface area (Å²) in [5, 5.41) is 2.56. The van der Waals surface area contributed by atoms with Crippen molar-refractivity contribution in [3.63, 3.8) is 0 Å². The Morgan fingerprint density at radius 3 is 2.67 bits per heavy atom. The highest BCUT2D eigenvalue weighted by molar-refractivity contribution is 6.05. The van der Waals surface area contributed by atoms with Gasteiger partial charge in [0.25, 0.3) is 5.91 Å². The summed E-state index contributed by atoms with van der Waals surface area (Å²) in [6.45, 7) is 1.54. The van der Waals surface area contributed by atoms with Crippen LogP contribution in [0.15, 0.2) is 36.7 Å². The average molecular weight is 248 g/mol. The number of benzene rings is 1. The highest BCUT2D eigenvalue weighted by Crippen LogP contribution is 2.16. The Morgan fingerprint density at radius 1 is 1.28 bits per heavy atom. The maximum absolute atomic E-state index is 13.1. The van der Waals surface area contributed by atoms with E-state index in [-0.39, 0.29) is 5.56 Å². The van der Waals surface area contributed by atoms with E-state index in [1.165, 1.54) is 6.20 Å². The zero-order chi connectivity index (χ0) is 13.1. The van der Waals surface area contributed by atoms with E-state index in [1.807, 2.05) is 0 Å². The Bertz CT molecular complexity index is 585. The predicted molar refractivity (Wildman–Crippen MR) is 63.3 cm³/mol. The van der Waals surface area contributed by atoms with Crippen LogP contribution in [0.5, 0.6) is 0 Å². The van der Waals surface area contributed by atoms with Crippen LogP contribution in [0, 0.1) is 18.6 Å². The minimum atomic E-state index is -1.04. The molecule has 1 amide bonds. The van der Waals surface area contributed by atoms with E-state index < -0.39 is 17.5 Å². The lowest BCUT2D eigenvalue weighted by molar-refractivity contribution is 0.102. The van der Waals surface area contributed by atoms with Gasteiger partial charge in [-0.25, -0.2) is 8.78 Å². The normalized spacial score (nSPS) is 10.2. The number of pyridine rings is 1. The maximum Gasteiger partial charge on any atom is 0.256 e. The minimum absolute atomic E-state index is 0.0951. The first-order valence-corrected chi connectivity index (χ1v) is 5.25. The van der Waals surface area contributed by atoms with Crippen LogP contribution in [0.3, 0.4) is 0 Å². The third-order valence-corrected chi connectivity index (χ3v) is 2.43. The minimum Gasteiger partial charge on any atom is -0.321 e. The Kier molecular flexibility index (Phi) is 3.32. The van der Waals surface area contributed by atoms with Gasteiger partial charge < -0.3 is 5.32 Å². The van der Waals surface area contributed by atoms with Crippen molar-refractivity contribution in [3.05, 3.63) is 59.4 Å². The molecule has 0 fully saturated rings. The molecular formula is C13H10F2N2O. The van der Waals surface area contributed by atoms with Crippen molar-refractivity contribution < 1.29 is 13.6 Å². The van der Waals surface area contributed by atoms with Gasteiger partial charge in [-0.05, 0) is 36.8 Å². The number of hydrogen-bond donors (Lipinski definition) is 1.